The lowest BCUT2D eigenvalue weighted by Crippen LogP contribution is -2.55. The molecule has 248 valence electrons. The largest absolute Gasteiger partial charge is 0.361 e. The summed E-state index contributed by atoms with van der Waals surface area (Å²) in [5, 5.41) is 12.4. The Morgan fingerprint density at radius 1 is 0.936 bits per heavy atom. The van der Waals surface area contributed by atoms with Gasteiger partial charge in [-0.05, 0) is 56.0 Å². The van der Waals surface area contributed by atoms with E-state index >= 15 is 0 Å². The van der Waals surface area contributed by atoms with Crippen molar-refractivity contribution in [2.75, 3.05) is 26.2 Å². The molecule has 4 aromatic rings. The lowest BCUT2D eigenvalue weighted by Gasteiger charge is -2.25. The molecule has 2 aromatic carbocycles. The van der Waals surface area contributed by atoms with E-state index in [0.717, 1.165) is 33.3 Å². The fourth-order valence-electron chi connectivity index (χ4n) is 5.93. The zero-order chi connectivity index (χ0) is 33.5. The van der Waals surface area contributed by atoms with Gasteiger partial charge in [-0.15, -0.1) is 0 Å². The van der Waals surface area contributed by atoms with Crippen LogP contribution >= 0.6 is 0 Å². The second kappa shape index (κ2) is 14.9. The van der Waals surface area contributed by atoms with Gasteiger partial charge < -0.3 is 35.7 Å². The Labute approximate surface area is 272 Å². The Balaban J connectivity index is 1.40. The van der Waals surface area contributed by atoms with Crippen molar-refractivity contribution in [2.24, 2.45) is 0 Å². The van der Waals surface area contributed by atoms with E-state index in [1.807, 2.05) is 48.0 Å². The van der Waals surface area contributed by atoms with Crippen molar-refractivity contribution in [3.05, 3.63) is 65.6 Å². The van der Waals surface area contributed by atoms with Gasteiger partial charge in [-0.3, -0.25) is 24.0 Å². The Morgan fingerprint density at radius 2 is 1.70 bits per heavy atom. The maximum absolute atomic E-state index is 13.6. The number of carbonyl (C=O) groups excluding carboxylic acids is 5. The molecule has 0 radical (unpaired) electrons. The molecule has 5 rings (SSSR count). The van der Waals surface area contributed by atoms with E-state index in [2.05, 4.69) is 31.2 Å². The number of fused-ring (bicyclic) bond motifs is 2. The maximum Gasteiger partial charge on any atom is 0.251 e. The first kappa shape index (κ1) is 33.2. The minimum absolute atomic E-state index is 0.236. The van der Waals surface area contributed by atoms with Crippen LogP contribution in [0.3, 0.4) is 0 Å². The molecule has 0 unspecified atom stereocenters. The zero-order valence-corrected chi connectivity index (χ0v) is 27.0. The van der Waals surface area contributed by atoms with E-state index in [1.165, 1.54) is 11.8 Å². The molecule has 0 aliphatic carbocycles. The summed E-state index contributed by atoms with van der Waals surface area (Å²) >= 11 is 0. The highest BCUT2D eigenvalue weighted by atomic mass is 16.2. The zero-order valence-electron chi connectivity index (χ0n) is 27.0. The van der Waals surface area contributed by atoms with E-state index < -0.39 is 23.9 Å². The minimum atomic E-state index is -0.910. The van der Waals surface area contributed by atoms with Gasteiger partial charge in [-0.1, -0.05) is 25.1 Å². The molecule has 5 amide bonds. The molecule has 13 heteroatoms. The highest BCUT2D eigenvalue weighted by molar-refractivity contribution is 5.97. The van der Waals surface area contributed by atoms with Crippen LogP contribution in [0.25, 0.3) is 21.9 Å². The molecule has 2 aromatic heterocycles. The third kappa shape index (κ3) is 7.97. The highest BCUT2D eigenvalue weighted by Crippen LogP contribution is 2.20. The monoisotopic (exact) mass is 642 g/mol. The van der Waals surface area contributed by atoms with Gasteiger partial charge in [-0.2, -0.15) is 0 Å². The first-order valence-corrected chi connectivity index (χ1v) is 16.1. The molecule has 0 saturated heterocycles. The number of hydrogen-bond donors (Lipinski definition) is 5. The van der Waals surface area contributed by atoms with Gasteiger partial charge in [0.15, 0.2) is 0 Å². The normalized spacial score (nSPS) is 19.4. The standard InChI is InChI=1S/C34H42N8O5/c1-4-26-34(47)40-29(17-24-19-37-27-10-6-5-9-25(24)27)33(46)36-14-8-16-42-21(2)38-28-12-11-23(18-30(28)42)32(45)35-13-7-15-41(22(3)43)20-31(44)39-26/h5-6,9-12,18-19,26,29,37H,4,7-8,13-17,20H2,1-3H3,(H,35,45)(H,36,46)(H,39,44)(H,40,47)/t26-,29+/m0/s1. The predicted molar refractivity (Wildman–Crippen MR) is 177 cm³/mol. The quantitative estimate of drug-likeness (QED) is 0.229. The van der Waals surface area contributed by atoms with Crippen molar-refractivity contribution in [2.45, 2.75) is 65.1 Å². The number of nitrogens with one attached hydrogen (secondary N) is 5. The van der Waals surface area contributed by atoms with Crippen LogP contribution in [0.5, 0.6) is 0 Å². The molecule has 13 nitrogen and oxygen atoms in total. The van der Waals surface area contributed by atoms with Crippen molar-refractivity contribution in [1.82, 2.24) is 40.7 Å². The van der Waals surface area contributed by atoms with Crippen LogP contribution in [0.15, 0.2) is 48.7 Å². The molecule has 1 aliphatic heterocycles. The summed E-state index contributed by atoms with van der Waals surface area (Å²) in [4.78, 5) is 74.6. The Bertz CT molecular complexity index is 1790. The van der Waals surface area contributed by atoms with Crippen molar-refractivity contribution < 1.29 is 24.0 Å². The molecule has 47 heavy (non-hydrogen) atoms. The number of rotatable bonds is 3. The number of imidazole rings is 1. The molecular formula is C34H42N8O5. The Morgan fingerprint density at radius 3 is 2.49 bits per heavy atom. The van der Waals surface area contributed by atoms with Crippen LogP contribution < -0.4 is 21.3 Å². The summed E-state index contributed by atoms with van der Waals surface area (Å²) < 4.78 is 2.02. The lowest BCUT2D eigenvalue weighted by atomic mass is 10.0. The van der Waals surface area contributed by atoms with Crippen molar-refractivity contribution in [3.63, 3.8) is 0 Å². The van der Waals surface area contributed by atoms with Crippen LogP contribution in [0.4, 0.5) is 0 Å². The number of benzene rings is 2. The van der Waals surface area contributed by atoms with E-state index in [1.54, 1.807) is 19.1 Å². The highest BCUT2D eigenvalue weighted by Gasteiger charge is 2.27. The van der Waals surface area contributed by atoms with Gasteiger partial charge in [0.25, 0.3) is 5.91 Å². The van der Waals surface area contributed by atoms with Crippen molar-refractivity contribution in [3.8, 4) is 0 Å². The van der Waals surface area contributed by atoms with Gasteiger partial charge in [0.1, 0.15) is 17.9 Å². The number of aromatic nitrogens is 3. The molecule has 0 fully saturated rings. The molecule has 1 aliphatic rings. The van der Waals surface area contributed by atoms with Gasteiger partial charge in [0.05, 0.1) is 17.6 Å². The van der Waals surface area contributed by atoms with Gasteiger partial charge in [0.2, 0.25) is 23.6 Å². The maximum atomic E-state index is 13.6. The van der Waals surface area contributed by atoms with Crippen LogP contribution in [0, 0.1) is 6.92 Å². The number of amides is 5. The van der Waals surface area contributed by atoms with Gasteiger partial charge in [-0.25, -0.2) is 4.98 Å². The van der Waals surface area contributed by atoms with Crippen molar-refractivity contribution >= 4 is 51.5 Å². The number of para-hydroxylation sites is 1. The van der Waals surface area contributed by atoms with E-state index in [-0.39, 0.29) is 43.7 Å². The topological polar surface area (TPSA) is 170 Å². The average molecular weight is 643 g/mol. The number of nitrogens with zero attached hydrogens (tertiary/aromatic N) is 3. The molecule has 2 atom stereocenters. The second-order valence-electron chi connectivity index (χ2n) is 11.9. The lowest BCUT2D eigenvalue weighted by molar-refractivity contribution is -0.136. The molecule has 2 bridgehead atoms. The molecule has 0 saturated carbocycles. The third-order valence-electron chi connectivity index (χ3n) is 8.52. The molecular weight excluding hydrogens is 600 g/mol. The van der Waals surface area contributed by atoms with Crippen LogP contribution in [-0.4, -0.2) is 87.2 Å². The van der Waals surface area contributed by atoms with Gasteiger partial charge >= 0.3 is 0 Å². The summed E-state index contributed by atoms with van der Waals surface area (Å²) in [6.07, 6.45) is 3.37. The summed E-state index contributed by atoms with van der Waals surface area (Å²) in [5.74, 6) is -1.09. The SMILES string of the molecule is CC[C@@H]1NC(=O)CN(C(C)=O)CCCNC(=O)c2ccc3nc(C)n(c3c2)CCCNC(=O)[C@@H](Cc2c[nH]c3ccccc23)NC1=O. The summed E-state index contributed by atoms with van der Waals surface area (Å²) in [6.45, 7) is 6.23. The third-order valence-corrected chi connectivity index (χ3v) is 8.52. The molecule has 5 N–H and O–H groups in total. The smallest absolute Gasteiger partial charge is 0.251 e. The molecule has 3 heterocycles. The van der Waals surface area contributed by atoms with E-state index in [9.17, 15) is 24.0 Å². The Kier molecular flexibility index (Phi) is 10.5. The van der Waals surface area contributed by atoms with Gasteiger partial charge in [0, 0.05) is 62.2 Å². The number of H-pyrrole nitrogens is 1. The fourth-order valence-corrected chi connectivity index (χ4v) is 5.93. The number of carbonyl (C=O) groups is 5. The Hall–Kier alpha value is -5.20. The van der Waals surface area contributed by atoms with Crippen LogP contribution in [0.1, 0.15) is 54.9 Å². The second-order valence-corrected chi connectivity index (χ2v) is 11.9. The summed E-state index contributed by atoms with van der Waals surface area (Å²) in [5.41, 5.74) is 3.85. The average Bonchev–Trinajstić information content (AvgIpc) is 3.61. The van der Waals surface area contributed by atoms with Crippen LogP contribution in [-0.2, 0) is 32.1 Å². The summed E-state index contributed by atoms with van der Waals surface area (Å²) in [7, 11) is 0. The van der Waals surface area contributed by atoms with E-state index in [4.69, 9.17) is 0 Å². The van der Waals surface area contributed by atoms with Crippen LogP contribution in [0.2, 0.25) is 0 Å². The number of aromatic amines is 1. The van der Waals surface area contributed by atoms with Crippen molar-refractivity contribution in [1.29, 1.82) is 0 Å². The predicted octanol–water partition coefficient (Wildman–Crippen LogP) is 1.94. The molecule has 0 spiro atoms. The first-order valence-electron chi connectivity index (χ1n) is 16.1. The fraction of sp³-hybridized carbons (Fsp3) is 0.412. The van der Waals surface area contributed by atoms with E-state index in [0.29, 0.717) is 38.0 Å². The first-order chi connectivity index (χ1) is 22.6. The minimum Gasteiger partial charge on any atom is -0.361 e. The number of aryl methyl sites for hydroxylation is 2. The summed E-state index contributed by atoms with van der Waals surface area (Å²) in [6, 6.07) is 11.3. The number of hydrogen-bond acceptors (Lipinski definition) is 6.